The van der Waals surface area contributed by atoms with E-state index in [4.69, 9.17) is 0 Å². The number of nitrogens with one attached hydrogen (secondary N) is 2. The zero-order chi connectivity index (χ0) is 19.3. The second-order valence-corrected chi connectivity index (χ2v) is 7.53. The van der Waals surface area contributed by atoms with Crippen LogP contribution >= 0.6 is 11.3 Å². The minimum absolute atomic E-state index is 0.0578. The predicted octanol–water partition coefficient (Wildman–Crippen LogP) is 4.73. The van der Waals surface area contributed by atoms with E-state index in [0.29, 0.717) is 13.1 Å². The largest absolute Gasteiger partial charge is 0.345 e. The fraction of sp³-hybridized carbons (Fsp3) is 0.400. The summed E-state index contributed by atoms with van der Waals surface area (Å²) in [5, 5.41) is 5.91. The van der Waals surface area contributed by atoms with E-state index in [-0.39, 0.29) is 18.0 Å². The quantitative estimate of drug-likeness (QED) is 0.769. The van der Waals surface area contributed by atoms with Crippen molar-refractivity contribution < 1.29 is 9.59 Å². The van der Waals surface area contributed by atoms with Crippen LogP contribution in [0, 0.1) is 13.8 Å². The van der Waals surface area contributed by atoms with E-state index >= 15 is 0 Å². The van der Waals surface area contributed by atoms with Crippen LogP contribution in [0.1, 0.15) is 52.5 Å². The van der Waals surface area contributed by atoms with Gasteiger partial charge in [0.1, 0.15) is 0 Å². The molecule has 1 aromatic heterocycles. The van der Waals surface area contributed by atoms with Crippen LogP contribution < -0.4 is 10.6 Å². The number of hydrogen-bond donors (Lipinski definition) is 2. The molecule has 2 aromatic rings. The van der Waals surface area contributed by atoms with Crippen molar-refractivity contribution in [1.82, 2.24) is 10.2 Å². The smallest absolute Gasteiger partial charge is 0.321 e. The first-order valence-electron chi connectivity index (χ1n) is 8.89. The van der Waals surface area contributed by atoms with Crippen molar-refractivity contribution in [3.8, 4) is 0 Å². The Bertz CT molecular complexity index is 744. The predicted molar refractivity (Wildman–Crippen MR) is 108 cm³/mol. The highest BCUT2D eigenvalue weighted by atomic mass is 32.1. The van der Waals surface area contributed by atoms with Crippen LogP contribution in [0.3, 0.4) is 0 Å². The van der Waals surface area contributed by atoms with Crippen molar-refractivity contribution in [2.24, 2.45) is 0 Å². The van der Waals surface area contributed by atoms with Crippen LogP contribution in [-0.2, 0) is 0 Å². The van der Waals surface area contributed by atoms with E-state index in [9.17, 15) is 9.59 Å². The van der Waals surface area contributed by atoms with Gasteiger partial charge in [0, 0.05) is 23.7 Å². The monoisotopic (exact) mass is 373 g/mol. The van der Waals surface area contributed by atoms with E-state index in [1.807, 2.05) is 65.0 Å². The zero-order valence-corrected chi connectivity index (χ0v) is 16.9. The molecular formula is C20H27N3O2S. The molecule has 0 aliphatic heterocycles. The molecule has 1 atom stereocenters. The van der Waals surface area contributed by atoms with Gasteiger partial charge in [-0.25, -0.2) is 4.79 Å². The Morgan fingerprint density at radius 2 is 1.73 bits per heavy atom. The summed E-state index contributed by atoms with van der Waals surface area (Å²) in [4.78, 5) is 28.1. The molecule has 0 bridgehead atoms. The van der Waals surface area contributed by atoms with Gasteiger partial charge in [-0.1, -0.05) is 12.1 Å². The average Bonchev–Trinajstić information content (AvgIpc) is 2.95. The molecule has 6 heteroatoms. The van der Waals surface area contributed by atoms with Gasteiger partial charge in [0.15, 0.2) is 0 Å². The number of amides is 3. The number of aryl methyl sites for hydroxylation is 2. The van der Waals surface area contributed by atoms with E-state index in [2.05, 4.69) is 10.6 Å². The van der Waals surface area contributed by atoms with Crippen molar-refractivity contribution in [2.45, 2.75) is 40.7 Å². The lowest BCUT2D eigenvalue weighted by molar-refractivity contribution is 0.0944. The number of rotatable bonds is 6. The molecule has 5 nitrogen and oxygen atoms in total. The van der Waals surface area contributed by atoms with Gasteiger partial charge < -0.3 is 15.5 Å². The summed E-state index contributed by atoms with van der Waals surface area (Å²) in [6.07, 6.45) is 0. The highest BCUT2D eigenvalue weighted by molar-refractivity contribution is 7.14. The molecule has 0 saturated heterocycles. The van der Waals surface area contributed by atoms with Gasteiger partial charge >= 0.3 is 6.03 Å². The number of benzene rings is 1. The molecule has 26 heavy (non-hydrogen) atoms. The van der Waals surface area contributed by atoms with Gasteiger partial charge in [-0.2, -0.15) is 0 Å². The Kier molecular flexibility index (Phi) is 6.80. The normalized spacial score (nSPS) is 11.7. The number of carbonyl (C=O) groups excluding carboxylic acids is 2. The third kappa shape index (κ3) is 4.85. The Labute approximate surface area is 159 Å². The van der Waals surface area contributed by atoms with E-state index in [0.717, 1.165) is 26.6 Å². The molecule has 0 aliphatic rings. The van der Waals surface area contributed by atoms with Gasteiger partial charge in [0.25, 0.3) is 5.91 Å². The van der Waals surface area contributed by atoms with Crippen LogP contribution in [0.15, 0.2) is 30.3 Å². The first-order chi connectivity index (χ1) is 12.3. The van der Waals surface area contributed by atoms with Crippen LogP contribution in [0.4, 0.5) is 10.5 Å². The SMILES string of the molecule is CCN(CC)C(=O)Nc1ccc(C(C)NC(=O)c2cc(C)c(C)s2)cc1. The molecule has 0 aliphatic carbocycles. The van der Waals surface area contributed by atoms with Crippen molar-refractivity contribution >= 4 is 29.0 Å². The average molecular weight is 374 g/mol. The Morgan fingerprint density at radius 1 is 1.12 bits per heavy atom. The van der Waals surface area contributed by atoms with Crippen LogP contribution in [-0.4, -0.2) is 29.9 Å². The standard InChI is InChI=1S/C20H27N3O2S/c1-6-23(7-2)20(25)22-17-10-8-16(9-11-17)14(4)21-19(24)18-12-13(3)15(5)26-18/h8-12,14H,6-7H2,1-5H3,(H,21,24)(H,22,25). The molecule has 1 aromatic carbocycles. The van der Waals surface area contributed by atoms with Crippen LogP contribution in [0.2, 0.25) is 0 Å². The number of nitrogens with zero attached hydrogens (tertiary/aromatic N) is 1. The second kappa shape index (κ2) is 8.85. The third-order valence-corrected chi connectivity index (χ3v) is 5.60. The summed E-state index contributed by atoms with van der Waals surface area (Å²) in [7, 11) is 0. The summed E-state index contributed by atoms with van der Waals surface area (Å²) < 4.78 is 0. The van der Waals surface area contributed by atoms with Crippen molar-refractivity contribution in [2.75, 3.05) is 18.4 Å². The second-order valence-electron chi connectivity index (χ2n) is 6.27. The fourth-order valence-electron chi connectivity index (χ4n) is 2.60. The van der Waals surface area contributed by atoms with E-state index in [1.165, 1.54) is 11.3 Å². The Balaban J connectivity index is 1.98. The van der Waals surface area contributed by atoms with Crippen molar-refractivity contribution in [1.29, 1.82) is 0 Å². The fourth-order valence-corrected chi connectivity index (χ4v) is 3.54. The topological polar surface area (TPSA) is 61.4 Å². The molecule has 140 valence electrons. The number of carbonyl (C=O) groups is 2. The molecular weight excluding hydrogens is 346 g/mol. The van der Waals surface area contributed by atoms with Gasteiger partial charge in [0.2, 0.25) is 0 Å². The van der Waals surface area contributed by atoms with E-state index < -0.39 is 0 Å². The number of hydrogen-bond acceptors (Lipinski definition) is 3. The number of anilines is 1. The summed E-state index contributed by atoms with van der Waals surface area (Å²) in [6.45, 7) is 11.2. The molecule has 0 spiro atoms. The van der Waals surface area contributed by atoms with Gasteiger partial charge in [-0.05, 0) is 63.9 Å². The lowest BCUT2D eigenvalue weighted by atomic mass is 10.1. The number of thiophene rings is 1. The summed E-state index contributed by atoms with van der Waals surface area (Å²) in [5.41, 5.74) is 2.87. The molecule has 1 heterocycles. The summed E-state index contributed by atoms with van der Waals surface area (Å²) >= 11 is 1.51. The van der Waals surface area contributed by atoms with E-state index in [1.54, 1.807) is 4.90 Å². The maximum Gasteiger partial charge on any atom is 0.321 e. The Morgan fingerprint density at radius 3 is 2.23 bits per heavy atom. The molecule has 0 fully saturated rings. The summed E-state index contributed by atoms with van der Waals surface area (Å²) in [5.74, 6) is -0.0578. The molecule has 2 N–H and O–H groups in total. The molecule has 3 amide bonds. The lowest BCUT2D eigenvalue weighted by Gasteiger charge is -2.19. The highest BCUT2D eigenvalue weighted by Crippen LogP contribution is 2.22. The van der Waals surface area contributed by atoms with Crippen LogP contribution in [0.5, 0.6) is 0 Å². The molecule has 1 unspecified atom stereocenters. The first-order valence-corrected chi connectivity index (χ1v) is 9.71. The first kappa shape index (κ1) is 20.0. The zero-order valence-electron chi connectivity index (χ0n) is 16.1. The minimum atomic E-state index is -0.113. The number of urea groups is 1. The summed E-state index contributed by atoms with van der Waals surface area (Å²) in [6, 6.07) is 9.28. The minimum Gasteiger partial charge on any atom is -0.345 e. The van der Waals surface area contributed by atoms with Crippen LogP contribution in [0.25, 0.3) is 0 Å². The van der Waals surface area contributed by atoms with Crippen molar-refractivity contribution in [3.63, 3.8) is 0 Å². The van der Waals surface area contributed by atoms with Gasteiger partial charge in [-0.3, -0.25) is 4.79 Å². The maximum absolute atomic E-state index is 12.4. The van der Waals surface area contributed by atoms with Gasteiger partial charge in [-0.15, -0.1) is 11.3 Å². The molecule has 0 saturated carbocycles. The lowest BCUT2D eigenvalue weighted by Crippen LogP contribution is -2.34. The van der Waals surface area contributed by atoms with Crippen molar-refractivity contribution in [3.05, 3.63) is 51.2 Å². The highest BCUT2D eigenvalue weighted by Gasteiger charge is 2.15. The molecule has 2 rings (SSSR count). The van der Waals surface area contributed by atoms with Gasteiger partial charge in [0.05, 0.1) is 10.9 Å². The molecule has 0 radical (unpaired) electrons. The third-order valence-electron chi connectivity index (χ3n) is 4.45. The maximum atomic E-state index is 12.4. The Hall–Kier alpha value is -2.34.